The fourth-order valence-electron chi connectivity index (χ4n) is 3.35. The third-order valence-corrected chi connectivity index (χ3v) is 4.96. The van der Waals surface area contributed by atoms with Crippen LogP contribution in [0.4, 0.5) is 17.5 Å². The Morgan fingerprint density at radius 2 is 2.06 bits per heavy atom. The summed E-state index contributed by atoms with van der Waals surface area (Å²) in [7, 11) is 2.00. The minimum absolute atomic E-state index is 0.462. The number of rotatable bonds is 13. The molecule has 0 amide bonds. The number of pyridine rings is 1. The number of nitrogens with zero attached hydrogens (tertiary/aromatic N) is 5. The van der Waals surface area contributed by atoms with Gasteiger partial charge in [-0.1, -0.05) is 17.7 Å². The molecule has 8 nitrogen and oxygen atoms in total. The molecule has 3 rings (SSSR count). The number of hydrogen-bond donors (Lipinski definition) is 2. The second kappa shape index (κ2) is 12.4. The minimum atomic E-state index is 0.462. The smallest absolute Gasteiger partial charge is 0.230 e. The van der Waals surface area contributed by atoms with Gasteiger partial charge in [0.2, 0.25) is 5.95 Å². The van der Waals surface area contributed by atoms with Crippen LogP contribution in [0.1, 0.15) is 31.7 Å². The SMILES string of the molecule is C=C(C)CCCNc1ncccc1-c1ncnc(Nc2cccc(CN(C)CCC=O)c2)n1. The van der Waals surface area contributed by atoms with Crippen molar-refractivity contribution in [2.75, 3.05) is 30.8 Å². The second-order valence-corrected chi connectivity index (χ2v) is 8.04. The molecule has 0 saturated heterocycles. The second-order valence-electron chi connectivity index (χ2n) is 8.04. The molecule has 0 fully saturated rings. The largest absolute Gasteiger partial charge is 0.369 e. The molecule has 0 aliphatic heterocycles. The molecule has 2 aromatic heterocycles. The highest BCUT2D eigenvalue weighted by Crippen LogP contribution is 2.24. The van der Waals surface area contributed by atoms with E-state index in [4.69, 9.17) is 0 Å². The molecular weight excluding hydrogens is 414 g/mol. The first kappa shape index (κ1) is 24.0. The predicted octanol–water partition coefficient (Wildman–Crippen LogP) is 4.47. The van der Waals surface area contributed by atoms with Crippen LogP contribution >= 0.6 is 0 Å². The van der Waals surface area contributed by atoms with Gasteiger partial charge in [0.25, 0.3) is 0 Å². The zero-order valence-corrected chi connectivity index (χ0v) is 19.3. The number of benzene rings is 1. The Hall–Kier alpha value is -3.65. The molecule has 0 atom stereocenters. The van der Waals surface area contributed by atoms with E-state index in [1.54, 1.807) is 6.20 Å². The van der Waals surface area contributed by atoms with Crippen LogP contribution in [-0.4, -0.2) is 51.3 Å². The lowest BCUT2D eigenvalue weighted by atomic mass is 10.2. The maximum Gasteiger partial charge on any atom is 0.230 e. The number of aldehydes is 1. The van der Waals surface area contributed by atoms with Crippen molar-refractivity contribution in [3.63, 3.8) is 0 Å². The van der Waals surface area contributed by atoms with Gasteiger partial charge in [-0.25, -0.2) is 15.0 Å². The van der Waals surface area contributed by atoms with Crippen molar-refractivity contribution in [1.82, 2.24) is 24.8 Å². The molecule has 33 heavy (non-hydrogen) atoms. The molecule has 0 spiro atoms. The van der Waals surface area contributed by atoms with Crippen LogP contribution in [0.15, 0.2) is 61.1 Å². The van der Waals surface area contributed by atoms with Gasteiger partial charge in [0, 0.05) is 37.9 Å². The van der Waals surface area contributed by atoms with E-state index in [-0.39, 0.29) is 0 Å². The predicted molar refractivity (Wildman–Crippen MR) is 132 cm³/mol. The molecule has 0 aliphatic carbocycles. The van der Waals surface area contributed by atoms with Gasteiger partial charge in [0.15, 0.2) is 5.82 Å². The zero-order chi connectivity index (χ0) is 23.5. The Balaban J connectivity index is 1.70. The summed E-state index contributed by atoms with van der Waals surface area (Å²) >= 11 is 0. The van der Waals surface area contributed by atoms with Crippen molar-refractivity contribution in [2.45, 2.75) is 32.7 Å². The first-order chi connectivity index (χ1) is 16.0. The molecule has 0 aliphatic rings. The molecule has 8 heteroatoms. The van der Waals surface area contributed by atoms with Crippen LogP contribution in [0.2, 0.25) is 0 Å². The monoisotopic (exact) mass is 445 g/mol. The summed E-state index contributed by atoms with van der Waals surface area (Å²) in [5.41, 5.74) is 4.01. The van der Waals surface area contributed by atoms with Crippen LogP contribution in [0.3, 0.4) is 0 Å². The van der Waals surface area contributed by atoms with Crippen LogP contribution in [-0.2, 0) is 11.3 Å². The Bertz CT molecular complexity index is 1070. The first-order valence-corrected chi connectivity index (χ1v) is 11.1. The summed E-state index contributed by atoms with van der Waals surface area (Å²) in [5.74, 6) is 1.76. The number of aromatic nitrogens is 4. The van der Waals surface area contributed by atoms with Crippen LogP contribution in [0.5, 0.6) is 0 Å². The van der Waals surface area contributed by atoms with Crippen LogP contribution in [0, 0.1) is 0 Å². The van der Waals surface area contributed by atoms with Crippen molar-refractivity contribution in [3.05, 3.63) is 66.6 Å². The van der Waals surface area contributed by atoms with E-state index in [0.29, 0.717) is 18.2 Å². The van der Waals surface area contributed by atoms with E-state index in [9.17, 15) is 4.79 Å². The third kappa shape index (κ3) is 7.76. The van der Waals surface area contributed by atoms with Gasteiger partial charge in [-0.05, 0) is 56.6 Å². The van der Waals surface area contributed by atoms with Gasteiger partial charge < -0.3 is 20.3 Å². The highest BCUT2D eigenvalue weighted by molar-refractivity contribution is 5.70. The maximum atomic E-state index is 10.6. The summed E-state index contributed by atoms with van der Waals surface area (Å²) in [6.07, 6.45) is 6.68. The first-order valence-electron chi connectivity index (χ1n) is 11.1. The number of carbonyl (C=O) groups is 1. The summed E-state index contributed by atoms with van der Waals surface area (Å²) in [4.78, 5) is 30.4. The molecule has 172 valence electrons. The average molecular weight is 446 g/mol. The summed E-state index contributed by atoms with van der Waals surface area (Å²) in [5, 5.41) is 6.64. The van der Waals surface area contributed by atoms with E-state index < -0.39 is 0 Å². The highest BCUT2D eigenvalue weighted by Gasteiger charge is 2.11. The quantitative estimate of drug-likeness (QED) is 0.226. The fourth-order valence-corrected chi connectivity index (χ4v) is 3.35. The topological polar surface area (TPSA) is 95.9 Å². The van der Waals surface area contributed by atoms with Crippen molar-refractivity contribution in [3.8, 4) is 11.4 Å². The lowest BCUT2D eigenvalue weighted by molar-refractivity contribution is -0.108. The van der Waals surface area contributed by atoms with Gasteiger partial charge in [0.05, 0.1) is 5.56 Å². The molecule has 3 aromatic rings. The average Bonchev–Trinajstić information content (AvgIpc) is 2.81. The Morgan fingerprint density at radius 1 is 1.18 bits per heavy atom. The lowest BCUT2D eigenvalue weighted by Gasteiger charge is -2.16. The normalized spacial score (nSPS) is 10.8. The van der Waals surface area contributed by atoms with Crippen molar-refractivity contribution >= 4 is 23.7 Å². The van der Waals surface area contributed by atoms with Crippen LogP contribution < -0.4 is 10.6 Å². The number of carbonyl (C=O) groups excluding carboxylic acids is 1. The van der Waals surface area contributed by atoms with E-state index >= 15 is 0 Å². The summed E-state index contributed by atoms with van der Waals surface area (Å²) in [6, 6.07) is 11.9. The summed E-state index contributed by atoms with van der Waals surface area (Å²) < 4.78 is 0. The molecule has 0 bridgehead atoms. The van der Waals surface area contributed by atoms with E-state index in [2.05, 4.69) is 54.2 Å². The van der Waals surface area contributed by atoms with Gasteiger partial charge in [-0.15, -0.1) is 6.58 Å². The number of hydrogen-bond acceptors (Lipinski definition) is 8. The zero-order valence-electron chi connectivity index (χ0n) is 19.3. The molecule has 0 radical (unpaired) electrons. The fraction of sp³-hybridized carbons (Fsp3) is 0.320. The Morgan fingerprint density at radius 3 is 2.88 bits per heavy atom. The van der Waals surface area contributed by atoms with Crippen molar-refractivity contribution in [2.24, 2.45) is 0 Å². The van der Waals surface area contributed by atoms with Gasteiger partial charge >= 0.3 is 0 Å². The van der Waals surface area contributed by atoms with E-state index in [1.807, 2.05) is 38.2 Å². The molecule has 2 N–H and O–H groups in total. The standard InChI is InChI=1S/C25H31N7O/c1-19(2)8-5-12-26-23-22(11-6-13-27-23)24-28-18-29-25(31-24)30-21-10-4-9-20(16-21)17-32(3)14-7-15-33/h4,6,9-11,13,15-16,18H,1,5,7-8,12,14,17H2,2-3H3,(H,26,27)(H,28,29,30,31). The highest BCUT2D eigenvalue weighted by atomic mass is 16.1. The number of nitrogens with one attached hydrogen (secondary N) is 2. The molecular formula is C25H31N7O. The lowest BCUT2D eigenvalue weighted by Crippen LogP contribution is -2.19. The summed E-state index contributed by atoms with van der Waals surface area (Å²) in [6.45, 7) is 8.26. The van der Waals surface area contributed by atoms with Gasteiger partial charge in [0.1, 0.15) is 18.4 Å². The van der Waals surface area contributed by atoms with Crippen LogP contribution in [0.25, 0.3) is 11.4 Å². The molecule has 0 unspecified atom stereocenters. The van der Waals surface area contributed by atoms with Crippen molar-refractivity contribution < 1.29 is 4.79 Å². The van der Waals surface area contributed by atoms with Gasteiger partial charge in [-0.2, -0.15) is 4.98 Å². The third-order valence-electron chi connectivity index (χ3n) is 4.96. The molecule has 2 heterocycles. The Kier molecular flexibility index (Phi) is 9.02. The van der Waals surface area contributed by atoms with Gasteiger partial charge in [-0.3, -0.25) is 0 Å². The maximum absolute atomic E-state index is 10.6. The number of anilines is 3. The van der Waals surface area contributed by atoms with E-state index in [0.717, 1.165) is 61.4 Å². The van der Waals surface area contributed by atoms with E-state index in [1.165, 1.54) is 11.9 Å². The number of allylic oxidation sites excluding steroid dienone is 1. The minimum Gasteiger partial charge on any atom is -0.369 e. The Labute approximate surface area is 195 Å². The molecule has 0 saturated carbocycles. The van der Waals surface area contributed by atoms with Crippen molar-refractivity contribution in [1.29, 1.82) is 0 Å². The molecule has 1 aromatic carbocycles.